The van der Waals surface area contributed by atoms with Gasteiger partial charge in [-0.2, -0.15) is 0 Å². The second kappa shape index (κ2) is 10.5. The minimum atomic E-state index is -0.162. The number of hydrogen-bond donors (Lipinski definition) is 0. The van der Waals surface area contributed by atoms with Crippen LogP contribution in [0.5, 0.6) is 0 Å². The molecule has 0 fully saturated rings. The van der Waals surface area contributed by atoms with Crippen molar-refractivity contribution in [2.75, 3.05) is 0 Å². The fourth-order valence-electron chi connectivity index (χ4n) is 8.46. The van der Waals surface area contributed by atoms with Crippen molar-refractivity contribution in [2.45, 2.75) is 32.1 Å². The quantitative estimate of drug-likeness (QED) is 0.190. The zero-order chi connectivity index (χ0) is 32.7. The summed E-state index contributed by atoms with van der Waals surface area (Å²) in [4.78, 5) is 5.16. The lowest BCUT2D eigenvalue weighted by molar-refractivity contribution is 0.660. The molecule has 0 unspecified atom stereocenters. The standard InChI is InChI=1S/C46H35N3/c1-46(2)37-19-13-23-43(49-42-22-12-10-20-39(42)47-45(49)30-14-5-3-6-15-30)44(37)35-26-24-32(29-38(35)46)31-25-27-41-36(28-31)34-18-9-11-21-40(34)48(41)33-16-7-4-8-17-33/h3-8,10-17,19-29H,9,18H2,1-2H3. The number of hydrogen-bond acceptors (Lipinski definition) is 1. The largest absolute Gasteiger partial charge is 0.310 e. The van der Waals surface area contributed by atoms with Crippen LogP contribution in [-0.2, 0) is 11.8 Å². The predicted molar refractivity (Wildman–Crippen MR) is 204 cm³/mol. The maximum Gasteiger partial charge on any atom is 0.145 e. The van der Waals surface area contributed by atoms with Gasteiger partial charge in [0.25, 0.3) is 0 Å². The molecular formula is C46H35N3. The highest BCUT2D eigenvalue weighted by Crippen LogP contribution is 2.52. The summed E-state index contributed by atoms with van der Waals surface area (Å²) < 4.78 is 4.79. The van der Waals surface area contributed by atoms with Crippen molar-refractivity contribution in [2.24, 2.45) is 0 Å². The molecule has 49 heavy (non-hydrogen) atoms. The van der Waals surface area contributed by atoms with E-state index in [0.29, 0.717) is 0 Å². The monoisotopic (exact) mass is 629 g/mol. The Morgan fingerprint density at radius 2 is 1.37 bits per heavy atom. The Morgan fingerprint density at radius 3 is 2.22 bits per heavy atom. The minimum absolute atomic E-state index is 0.162. The van der Waals surface area contributed by atoms with Crippen LogP contribution in [0.25, 0.3) is 73.0 Å². The smallest absolute Gasteiger partial charge is 0.145 e. The van der Waals surface area contributed by atoms with Crippen LogP contribution in [0, 0.1) is 0 Å². The highest BCUT2D eigenvalue weighted by molar-refractivity contribution is 5.96. The lowest BCUT2D eigenvalue weighted by Crippen LogP contribution is -2.15. The van der Waals surface area contributed by atoms with Gasteiger partial charge in [-0.05, 0) is 101 Å². The molecule has 2 aliphatic rings. The number of aryl methyl sites for hydroxylation is 1. The molecule has 0 bridgehead atoms. The van der Waals surface area contributed by atoms with Gasteiger partial charge < -0.3 is 4.57 Å². The summed E-state index contributed by atoms with van der Waals surface area (Å²) in [5, 5.41) is 1.35. The van der Waals surface area contributed by atoms with Gasteiger partial charge in [0.15, 0.2) is 0 Å². The van der Waals surface area contributed by atoms with Gasteiger partial charge in [-0.1, -0.05) is 111 Å². The number of aromatic nitrogens is 3. The van der Waals surface area contributed by atoms with Crippen LogP contribution in [-0.4, -0.2) is 14.1 Å². The molecule has 10 rings (SSSR count). The molecule has 0 radical (unpaired) electrons. The van der Waals surface area contributed by atoms with E-state index in [9.17, 15) is 0 Å². The van der Waals surface area contributed by atoms with Gasteiger partial charge in [0.1, 0.15) is 5.82 Å². The van der Waals surface area contributed by atoms with Crippen LogP contribution in [0.1, 0.15) is 42.7 Å². The van der Waals surface area contributed by atoms with Crippen LogP contribution < -0.4 is 0 Å². The van der Waals surface area contributed by atoms with Crippen LogP contribution >= 0.6 is 0 Å². The summed E-state index contributed by atoms with van der Waals surface area (Å²) in [6.07, 6.45) is 6.77. The van der Waals surface area contributed by atoms with Gasteiger partial charge >= 0.3 is 0 Å². The number of imidazole rings is 1. The van der Waals surface area contributed by atoms with E-state index in [0.717, 1.165) is 35.3 Å². The number of para-hydroxylation sites is 3. The van der Waals surface area contributed by atoms with E-state index < -0.39 is 0 Å². The predicted octanol–water partition coefficient (Wildman–Crippen LogP) is 11.6. The molecule has 2 heterocycles. The lowest BCUT2D eigenvalue weighted by Gasteiger charge is -2.22. The topological polar surface area (TPSA) is 22.8 Å². The Hall–Kier alpha value is -5.93. The number of fused-ring (bicyclic) bond motifs is 7. The maximum absolute atomic E-state index is 5.16. The molecule has 2 aromatic heterocycles. The van der Waals surface area contributed by atoms with Gasteiger partial charge in [-0.3, -0.25) is 4.57 Å². The molecule has 8 aromatic rings. The SMILES string of the molecule is CC1(C)c2cc(-c3ccc4c(c3)c3c(n4-c4ccccc4)C=CCC3)ccc2-c2c(-n3c(-c4ccccc4)nc4ccccc43)cccc21. The molecule has 3 nitrogen and oxygen atoms in total. The molecular weight excluding hydrogens is 595 g/mol. The fraction of sp³-hybridized carbons (Fsp3) is 0.109. The zero-order valence-electron chi connectivity index (χ0n) is 27.7. The van der Waals surface area contributed by atoms with Crippen molar-refractivity contribution >= 4 is 28.0 Å². The number of rotatable bonds is 4. The second-order valence-corrected chi connectivity index (χ2v) is 13.9. The number of allylic oxidation sites excluding steroid dienone is 1. The van der Waals surface area contributed by atoms with Crippen molar-refractivity contribution < 1.29 is 0 Å². The van der Waals surface area contributed by atoms with Gasteiger partial charge in [0.05, 0.1) is 22.2 Å². The van der Waals surface area contributed by atoms with E-state index in [2.05, 4.69) is 175 Å². The molecule has 234 valence electrons. The highest BCUT2D eigenvalue weighted by Gasteiger charge is 2.38. The lowest BCUT2D eigenvalue weighted by atomic mass is 9.81. The Bertz CT molecular complexity index is 2620. The molecule has 0 spiro atoms. The van der Waals surface area contributed by atoms with E-state index in [1.165, 1.54) is 66.9 Å². The molecule has 2 aliphatic carbocycles. The van der Waals surface area contributed by atoms with E-state index in [1.54, 1.807) is 0 Å². The Labute approximate surface area is 286 Å². The van der Waals surface area contributed by atoms with E-state index in [-0.39, 0.29) is 5.41 Å². The molecule has 6 aromatic carbocycles. The van der Waals surface area contributed by atoms with Crippen LogP contribution in [0.15, 0.2) is 146 Å². The van der Waals surface area contributed by atoms with Crippen LogP contribution in [0.2, 0.25) is 0 Å². The summed E-state index contributed by atoms with van der Waals surface area (Å²) in [5.41, 5.74) is 17.3. The zero-order valence-corrected chi connectivity index (χ0v) is 27.7. The molecule has 0 amide bonds. The summed E-state index contributed by atoms with van der Waals surface area (Å²) in [5.74, 6) is 0.965. The van der Waals surface area contributed by atoms with E-state index in [1.807, 2.05) is 0 Å². The maximum atomic E-state index is 5.16. The van der Waals surface area contributed by atoms with Crippen molar-refractivity contribution in [3.05, 3.63) is 168 Å². The highest BCUT2D eigenvalue weighted by atomic mass is 15.1. The Kier molecular flexibility index (Phi) is 6.05. The molecule has 3 heteroatoms. The third kappa shape index (κ3) is 4.12. The van der Waals surface area contributed by atoms with Crippen molar-refractivity contribution in [3.63, 3.8) is 0 Å². The Balaban J connectivity index is 1.15. The number of nitrogens with zero attached hydrogens (tertiary/aromatic N) is 3. The summed E-state index contributed by atoms with van der Waals surface area (Å²) >= 11 is 0. The first-order valence-corrected chi connectivity index (χ1v) is 17.3. The third-order valence-corrected chi connectivity index (χ3v) is 10.8. The first kappa shape index (κ1) is 28.1. The molecule has 0 aliphatic heterocycles. The van der Waals surface area contributed by atoms with Crippen LogP contribution in [0.3, 0.4) is 0 Å². The van der Waals surface area contributed by atoms with Gasteiger partial charge in [0, 0.05) is 33.3 Å². The third-order valence-electron chi connectivity index (χ3n) is 10.8. The van der Waals surface area contributed by atoms with Crippen molar-refractivity contribution in [1.82, 2.24) is 14.1 Å². The first-order chi connectivity index (χ1) is 24.1. The molecule has 0 N–H and O–H groups in total. The average Bonchev–Trinajstić information content (AvgIpc) is 3.78. The second-order valence-electron chi connectivity index (χ2n) is 13.9. The van der Waals surface area contributed by atoms with Crippen LogP contribution in [0.4, 0.5) is 0 Å². The van der Waals surface area contributed by atoms with Crippen molar-refractivity contribution in [3.8, 4) is 45.0 Å². The minimum Gasteiger partial charge on any atom is -0.310 e. The van der Waals surface area contributed by atoms with Gasteiger partial charge in [0.2, 0.25) is 0 Å². The summed E-state index contributed by atoms with van der Waals surface area (Å²) in [6.45, 7) is 4.75. The normalized spacial score (nSPS) is 14.2. The molecule has 0 atom stereocenters. The molecule has 0 saturated heterocycles. The van der Waals surface area contributed by atoms with Gasteiger partial charge in [-0.15, -0.1) is 0 Å². The molecule has 0 saturated carbocycles. The fourth-order valence-corrected chi connectivity index (χ4v) is 8.46. The first-order valence-electron chi connectivity index (χ1n) is 17.3. The Morgan fingerprint density at radius 1 is 0.612 bits per heavy atom. The van der Waals surface area contributed by atoms with E-state index in [4.69, 9.17) is 4.98 Å². The average molecular weight is 630 g/mol. The summed E-state index contributed by atoms with van der Waals surface area (Å²) in [6, 6.07) is 50.8. The summed E-state index contributed by atoms with van der Waals surface area (Å²) in [7, 11) is 0. The number of benzene rings is 6. The van der Waals surface area contributed by atoms with E-state index >= 15 is 0 Å². The van der Waals surface area contributed by atoms with Crippen molar-refractivity contribution in [1.29, 1.82) is 0 Å². The van der Waals surface area contributed by atoms with Gasteiger partial charge in [-0.25, -0.2) is 4.98 Å².